The minimum Gasteiger partial charge on any atom is -0.506 e. The Labute approximate surface area is 198 Å². The fourth-order valence-electron chi connectivity index (χ4n) is 3.51. The lowest BCUT2D eigenvalue weighted by atomic mass is 10.0. The summed E-state index contributed by atoms with van der Waals surface area (Å²) in [7, 11) is 0. The maximum absolute atomic E-state index is 12.7. The van der Waals surface area contributed by atoms with Crippen LogP contribution in [0.1, 0.15) is 42.1 Å². The first-order valence-corrected chi connectivity index (χ1v) is 12.7. The number of thioether (sulfide) groups is 1. The smallest absolute Gasteiger partial charge is 0.416 e. The van der Waals surface area contributed by atoms with Crippen molar-refractivity contribution < 1.29 is 23.4 Å². The summed E-state index contributed by atoms with van der Waals surface area (Å²) in [6, 6.07) is 8.62. The number of phenols is 1. The van der Waals surface area contributed by atoms with Gasteiger partial charge in [-0.1, -0.05) is 42.0 Å². The van der Waals surface area contributed by atoms with E-state index in [-0.39, 0.29) is 10.6 Å². The lowest BCUT2D eigenvalue weighted by molar-refractivity contribution is -0.137. The fourth-order valence-corrected chi connectivity index (χ4v) is 5.33. The first kappa shape index (κ1) is 25.6. The van der Waals surface area contributed by atoms with Gasteiger partial charge in [-0.05, 0) is 42.7 Å². The van der Waals surface area contributed by atoms with E-state index in [0.717, 1.165) is 60.3 Å². The Morgan fingerprint density at radius 1 is 1.12 bits per heavy atom. The largest absolute Gasteiger partial charge is 0.506 e. The van der Waals surface area contributed by atoms with E-state index >= 15 is 0 Å². The molecule has 1 aromatic heterocycles. The Bertz CT molecular complexity index is 1100. The number of alkyl halides is 3. The van der Waals surface area contributed by atoms with Gasteiger partial charge in [0.15, 0.2) is 0 Å². The molecular weight excluding hydrogens is 473 g/mol. The quantitative estimate of drug-likeness (QED) is 0.261. The molecule has 0 saturated carbocycles. The standard InChI is InChI=1S/C23H27F3N2O3S2/c24-23(25,26)16-7-4-6-15(13-16)5-2-1-3-11-32-12-10-27-14-19(30)17-8-9-18(29)20-21(17)33-22(31)28-20/h4,6-9,13,19,27,29-30H,1-3,5,10-12,14H2,(H,28,31)/t19-/m0/s1. The number of aryl methyl sites for hydroxylation is 1. The molecule has 0 unspecified atom stereocenters. The van der Waals surface area contributed by atoms with Crippen molar-refractivity contribution in [3.63, 3.8) is 0 Å². The van der Waals surface area contributed by atoms with Crippen molar-refractivity contribution in [3.8, 4) is 5.75 Å². The molecule has 0 aliphatic heterocycles. The Morgan fingerprint density at radius 3 is 2.73 bits per heavy atom. The summed E-state index contributed by atoms with van der Waals surface area (Å²) in [6.45, 7) is 1.06. The van der Waals surface area contributed by atoms with Crippen LogP contribution in [-0.2, 0) is 12.6 Å². The number of aromatic nitrogens is 1. The molecule has 1 atom stereocenters. The number of rotatable bonds is 12. The van der Waals surface area contributed by atoms with Crippen molar-refractivity contribution in [2.75, 3.05) is 24.6 Å². The summed E-state index contributed by atoms with van der Waals surface area (Å²) < 4.78 is 38.8. The number of halogens is 3. The van der Waals surface area contributed by atoms with E-state index in [1.165, 1.54) is 18.2 Å². The van der Waals surface area contributed by atoms with Crippen LogP contribution in [0.15, 0.2) is 41.2 Å². The van der Waals surface area contributed by atoms with Gasteiger partial charge >= 0.3 is 11.0 Å². The number of unbranched alkanes of at least 4 members (excludes halogenated alkanes) is 2. The Balaban J connectivity index is 1.27. The van der Waals surface area contributed by atoms with Crippen molar-refractivity contribution in [3.05, 3.63) is 62.8 Å². The van der Waals surface area contributed by atoms with Gasteiger partial charge in [-0.25, -0.2) is 0 Å². The minimum absolute atomic E-state index is 0.0153. The highest BCUT2D eigenvalue weighted by molar-refractivity contribution is 7.99. The van der Waals surface area contributed by atoms with Crippen LogP contribution in [0.5, 0.6) is 5.75 Å². The summed E-state index contributed by atoms with van der Waals surface area (Å²) in [5.74, 6) is 1.84. The second kappa shape index (κ2) is 11.9. The number of nitrogens with one attached hydrogen (secondary N) is 2. The molecule has 3 aromatic rings. The Hall–Kier alpha value is -2.01. The van der Waals surface area contributed by atoms with E-state index in [2.05, 4.69) is 10.3 Å². The maximum Gasteiger partial charge on any atom is 0.416 e. The number of H-pyrrole nitrogens is 1. The van der Waals surface area contributed by atoms with Gasteiger partial charge in [-0.2, -0.15) is 24.9 Å². The van der Waals surface area contributed by atoms with E-state index in [4.69, 9.17) is 0 Å². The SMILES string of the molecule is O=c1[nH]c2c(O)ccc([C@@H](O)CNCCSCCCCCc3cccc(C(F)(F)F)c3)c2s1. The van der Waals surface area contributed by atoms with Crippen molar-refractivity contribution >= 4 is 33.3 Å². The zero-order chi connectivity index (χ0) is 23.8. The zero-order valence-electron chi connectivity index (χ0n) is 18.0. The third kappa shape index (κ3) is 7.49. The Kier molecular flexibility index (Phi) is 9.25. The van der Waals surface area contributed by atoms with E-state index in [1.807, 2.05) is 0 Å². The molecule has 0 amide bonds. The third-order valence-electron chi connectivity index (χ3n) is 5.22. The number of benzene rings is 2. The van der Waals surface area contributed by atoms with E-state index in [9.17, 15) is 28.2 Å². The fraction of sp³-hybridized carbons (Fsp3) is 0.435. The number of aromatic hydroxyl groups is 1. The van der Waals surface area contributed by atoms with Gasteiger partial charge in [0.1, 0.15) is 11.3 Å². The average molecular weight is 501 g/mol. The molecule has 0 fully saturated rings. The van der Waals surface area contributed by atoms with Crippen LogP contribution in [0.3, 0.4) is 0 Å². The zero-order valence-corrected chi connectivity index (χ0v) is 19.6. The summed E-state index contributed by atoms with van der Waals surface area (Å²) in [5.41, 5.74) is 1.09. The molecule has 4 N–H and O–H groups in total. The summed E-state index contributed by atoms with van der Waals surface area (Å²) in [5, 5.41) is 23.5. The molecule has 0 saturated heterocycles. The highest BCUT2D eigenvalue weighted by atomic mass is 32.2. The molecule has 0 spiro atoms. The number of aliphatic hydroxyl groups excluding tert-OH is 1. The van der Waals surface area contributed by atoms with Gasteiger partial charge < -0.3 is 20.5 Å². The minimum atomic E-state index is -4.30. The first-order valence-electron chi connectivity index (χ1n) is 10.7. The number of fused-ring (bicyclic) bond motifs is 1. The lowest BCUT2D eigenvalue weighted by Gasteiger charge is -2.13. The van der Waals surface area contributed by atoms with Crippen LogP contribution < -0.4 is 10.2 Å². The molecular formula is C23H27F3N2O3S2. The van der Waals surface area contributed by atoms with Crippen molar-refractivity contribution in [2.45, 2.75) is 38.0 Å². The molecule has 3 rings (SSSR count). The molecule has 0 aliphatic rings. The first-order chi connectivity index (χ1) is 15.8. The normalized spacial score (nSPS) is 13.0. The van der Waals surface area contributed by atoms with Gasteiger partial charge in [-0.3, -0.25) is 4.79 Å². The predicted octanol–water partition coefficient (Wildman–Crippen LogP) is 5.08. The Morgan fingerprint density at radius 2 is 1.94 bits per heavy atom. The van der Waals surface area contributed by atoms with Crippen LogP contribution in [0.4, 0.5) is 13.2 Å². The van der Waals surface area contributed by atoms with Crippen LogP contribution in [0.25, 0.3) is 10.2 Å². The summed E-state index contributed by atoms with van der Waals surface area (Å²) in [4.78, 5) is 13.9. The van der Waals surface area contributed by atoms with Gasteiger partial charge in [0.2, 0.25) is 0 Å². The number of aromatic amines is 1. The van der Waals surface area contributed by atoms with E-state index in [0.29, 0.717) is 28.7 Å². The van der Waals surface area contributed by atoms with Crippen LogP contribution in [-0.4, -0.2) is 39.8 Å². The van der Waals surface area contributed by atoms with Gasteiger partial charge in [-0.15, -0.1) is 0 Å². The predicted molar refractivity (Wildman–Crippen MR) is 128 cm³/mol. The van der Waals surface area contributed by atoms with Crippen molar-refractivity contribution in [1.82, 2.24) is 10.3 Å². The van der Waals surface area contributed by atoms with Gasteiger partial charge in [0, 0.05) is 24.4 Å². The summed E-state index contributed by atoms with van der Waals surface area (Å²) >= 11 is 2.76. The number of phenolic OH excluding ortho intramolecular Hbond substituents is 1. The van der Waals surface area contributed by atoms with Crippen molar-refractivity contribution in [2.24, 2.45) is 0 Å². The molecule has 0 bridgehead atoms. The molecule has 33 heavy (non-hydrogen) atoms. The molecule has 0 radical (unpaired) electrons. The number of aliphatic hydroxyl groups is 1. The molecule has 180 valence electrons. The molecule has 0 aliphatic carbocycles. The number of thiazole rings is 1. The van der Waals surface area contributed by atoms with Crippen LogP contribution >= 0.6 is 23.1 Å². The van der Waals surface area contributed by atoms with Gasteiger partial charge in [0.05, 0.1) is 16.4 Å². The van der Waals surface area contributed by atoms with Crippen molar-refractivity contribution in [1.29, 1.82) is 0 Å². The molecule has 10 heteroatoms. The highest BCUT2D eigenvalue weighted by Crippen LogP contribution is 2.31. The molecule has 2 aromatic carbocycles. The monoisotopic (exact) mass is 500 g/mol. The highest BCUT2D eigenvalue weighted by Gasteiger charge is 2.30. The number of hydrogen-bond donors (Lipinski definition) is 4. The molecule has 1 heterocycles. The van der Waals surface area contributed by atoms with E-state index in [1.54, 1.807) is 23.9 Å². The lowest BCUT2D eigenvalue weighted by Crippen LogP contribution is -2.23. The number of hydrogen-bond acceptors (Lipinski definition) is 6. The topological polar surface area (TPSA) is 85.4 Å². The average Bonchev–Trinajstić information content (AvgIpc) is 3.17. The van der Waals surface area contributed by atoms with Crippen LogP contribution in [0.2, 0.25) is 0 Å². The second-order valence-electron chi connectivity index (χ2n) is 7.73. The summed E-state index contributed by atoms with van der Waals surface area (Å²) in [6.07, 6.45) is -1.61. The van der Waals surface area contributed by atoms with Gasteiger partial charge in [0.25, 0.3) is 0 Å². The third-order valence-corrected chi connectivity index (χ3v) is 7.22. The van der Waals surface area contributed by atoms with Crippen LogP contribution in [0, 0.1) is 0 Å². The maximum atomic E-state index is 12.7. The van der Waals surface area contributed by atoms with E-state index < -0.39 is 17.8 Å². The molecule has 5 nitrogen and oxygen atoms in total. The second-order valence-corrected chi connectivity index (χ2v) is 9.94.